The fourth-order valence-electron chi connectivity index (χ4n) is 2.40. The van der Waals surface area contributed by atoms with E-state index in [1.165, 1.54) is 0 Å². The Balaban J connectivity index is 1.93. The van der Waals surface area contributed by atoms with E-state index in [4.69, 9.17) is 4.52 Å². The summed E-state index contributed by atoms with van der Waals surface area (Å²) in [6.07, 6.45) is 3.74. The van der Waals surface area contributed by atoms with Gasteiger partial charge in [0.15, 0.2) is 5.82 Å². The van der Waals surface area contributed by atoms with Crippen LogP contribution in [0.5, 0.6) is 0 Å². The molecule has 3 rings (SSSR count). The fraction of sp³-hybridized carbons (Fsp3) is 0.333. The van der Waals surface area contributed by atoms with E-state index in [0.29, 0.717) is 18.3 Å². The molecule has 1 N–H and O–H groups in total. The molecule has 0 aliphatic carbocycles. The lowest BCUT2D eigenvalue weighted by Gasteiger charge is -2.00. The van der Waals surface area contributed by atoms with Crippen molar-refractivity contribution < 1.29 is 9.63 Å². The number of para-hydroxylation sites is 1. The predicted molar refractivity (Wildman–Crippen MR) is 75.3 cm³/mol. The Morgan fingerprint density at radius 1 is 1.30 bits per heavy atom. The van der Waals surface area contributed by atoms with Crippen LogP contribution < -0.4 is 0 Å². The average molecular weight is 271 g/mol. The van der Waals surface area contributed by atoms with Crippen LogP contribution in [0.25, 0.3) is 10.9 Å². The summed E-state index contributed by atoms with van der Waals surface area (Å²) in [5.41, 5.74) is 1.98. The molecular weight excluding hydrogens is 254 g/mol. The topological polar surface area (TPSA) is 64.1 Å². The normalized spacial score (nSPS) is 11.3. The Bertz CT molecular complexity index is 715. The smallest absolute Gasteiger partial charge is 0.226 e. The summed E-state index contributed by atoms with van der Waals surface area (Å²) in [5, 5.41) is 14.5. The molecule has 2 heterocycles. The van der Waals surface area contributed by atoms with Crippen molar-refractivity contribution in [3.8, 4) is 0 Å². The van der Waals surface area contributed by atoms with Gasteiger partial charge in [0.1, 0.15) is 0 Å². The number of aliphatic hydroxyl groups is 1. The van der Waals surface area contributed by atoms with Crippen molar-refractivity contribution in [3.63, 3.8) is 0 Å². The van der Waals surface area contributed by atoms with E-state index in [9.17, 15) is 5.11 Å². The van der Waals surface area contributed by atoms with Crippen molar-refractivity contribution in [1.82, 2.24) is 14.7 Å². The molecule has 0 aliphatic heterocycles. The van der Waals surface area contributed by atoms with Gasteiger partial charge in [-0.05, 0) is 12.5 Å². The quantitative estimate of drug-likeness (QED) is 0.774. The van der Waals surface area contributed by atoms with E-state index < -0.39 is 0 Å². The molecule has 0 aliphatic rings. The molecule has 0 fully saturated rings. The number of hydrogen-bond acceptors (Lipinski definition) is 4. The monoisotopic (exact) mass is 271 g/mol. The maximum Gasteiger partial charge on any atom is 0.226 e. The number of aromatic nitrogens is 3. The zero-order valence-electron chi connectivity index (χ0n) is 11.4. The third-order valence-corrected chi connectivity index (χ3v) is 3.33. The highest BCUT2D eigenvalue weighted by molar-refractivity contribution is 5.83. The summed E-state index contributed by atoms with van der Waals surface area (Å²) in [7, 11) is 0. The van der Waals surface area contributed by atoms with Crippen LogP contribution in [-0.2, 0) is 19.6 Å². The number of benzene rings is 1. The molecule has 2 aromatic heterocycles. The molecular formula is C15H17N3O2. The van der Waals surface area contributed by atoms with Gasteiger partial charge in [-0.1, -0.05) is 30.3 Å². The maximum atomic E-state index is 9.43. The van der Waals surface area contributed by atoms with Crippen LogP contribution >= 0.6 is 0 Å². The third kappa shape index (κ3) is 2.32. The van der Waals surface area contributed by atoms with Gasteiger partial charge < -0.3 is 14.2 Å². The Morgan fingerprint density at radius 3 is 2.95 bits per heavy atom. The first-order valence-corrected chi connectivity index (χ1v) is 6.81. The molecule has 1 aromatic carbocycles. The van der Waals surface area contributed by atoms with Crippen molar-refractivity contribution in [2.24, 2.45) is 0 Å². The largest absolute Gasteiger partial charge is 0.392 e. The van der Waals surface area contributed by atoms with Gasteiger partial charge in [-0.2, -0.15) is 4.98 Å². The van der Waals surface area contributed by atoms with Gasteiger partial charge in [0.05, 0.1) is 13.2 Å². The molecule has 0 radical (unpaired) electrons. The van der Waals surface area contributed by atoms with Gasteiger partial charge in [-0.3, -0.25) is 0 Å². The highest BCUT2D eigenvalue weighted by Crippen LogP contribution is 2.22. The van der Waals surface area contributed by atoms with E-state index in [2.05, 4.69) is 17.1 Å². The zero-order chi connectivity index (χ0) is 13.9. The minimum atomic E-state index is 0.0286. The van der Waals surface area contributed by atoms with Gasteiger partial charge in [-0.25, -0.2) is 0 Å². The molecule has 5 nitrogen and oxygen atoms in total. The lowest BCUT2D eigenvalue weighted by atomic mass is 10.2. The standard InChI is InChI=1S/C15H17N3O2/c1-2-5-15-16-14(17-20-15)9-18-8-11(10-19)12-6-3-4-7-13(12)18/h3-4,6-8,19H,2,5,9-10H2,1H3. The lowest BCUT2D eigenvalue weighted by molar-refractivity contribution is 0.283. The van der Waals surface area contributed by atoms with E-state index in [-0.39, 0.29) is 6.61 Å². The third-order valence-electron chi connectivity index (χ3n) is 3.33. The minimum absolute atomic E-state index is 0.0286. The van der Waals surface area contributed by atoms with Crippen LogP contribution in [0, 0.1) is 0 Å². The zero-order valence-corrected chi connectivity index (χ0v) is 11.4. The molecule has 0 unspecified atom stereocenters. The van der Waals surface area contributed by atoms with Crippen molar-refractivity contribution in [1.29, 1.82) is 0 Å². The first-order chi connectivity index (χ1) is 9.81. The predicted octanol–water partition coefficient (Wildman–Crippen LogP) is 2.52. The summed E-state index contributed by atoms with van der Waals surface area (Å²) in [4.78, 5) is 4.38. The number of hydrogen-bond donors (Lipinski definition) is 1. The molecule has 104 valence electrons. The number of nitrogens with zero attached hydrogens (tertiary/aromatic N) is 3. The van der Waals surface area contributed by atoms with E-state index in [0.717, 1.165) is 29.3 Å². The number of fused-ring (bicyclic) bond motifs is 1. The molecule has 3 aromatic rings. The van der Waals surface area contributed by atoms with Gasteiger partial charge in [0.25, 0.3) is 0 Å². The van der Waals surface area contributed by atoms with Crippen molar-refractivity contribution in [3.05, 3.63) is 47.7 Å². The van der Waals surface area contributed by atoms with Crippen LogP contribution in [0.4, 0.5) is 0 Å². The molecule has 0 amide bonds. The second-order valence-corrected chi connectivity index (χ2v) is 4.81. The highest BCUT2D eigenvalue weighted by Gasteiger charge is 2.11. The second kappa shape index (κ2) is 5.46. The maximum absolute atomic E-state index is 9.43. The van der Waals surface area contributed by atoms with E-state index in [1.54, 1.807) is 0 Å². The molecule has 0 saturated heterocycles. The van der Waals surface area contributed by atoms with Crippen LogP contribution in [0.15, 0.2) is 35.0 Å². The van der Waals surface area contributed by atoms with Crippen LogP contribution in [-0.4, -0.2) is 19.8 Å². The Kier molecular flexibility index (Phi) is 3.52. The average Bonchev–Trinajstić information content (AvgIpc) is 3.05. The Labute approximate surface area is 116 Å². The van der Waals surface area contributed by atoms with Crippen molar-refractivity contribution in [2.45, 2.75) is 32.9 Å². The first kappa shape index (κ1) is 12.9. The number of rotatable bonds is 5. The fourth-order valence-corrected chi connectivity index (χ4v) is 2.40. The van der Waals surface area contributed by atoms with Crippen molar-refractivity contribution >= 4 is 10.9 Å². The molecule has 0 saturated carbocycles. The SMILES string of the molecule is CCCc1nc(Cn2cc(CO)c3ccccc32)no1. The van der Waals surface area contributed by atoms with Crippen LogP contribution in [0.2, 0.25) is 0 Å². The van der Waals surface area contributed by atoms with Crippen LogP contribution in [0.1, 0.15) is 30.6 Å². The molecule has 0 spiro atoms. The molecule has 0 bridgehead atoms. The van der Waals surface area contributed by atoms with Crippen LogP contribution in [0.3, 0.4) is 0 Å². The summed E-state index contributed by atoms with van der Waals surface area (Å²) in [5.74, 6) is 1.35. The summed E-state index contributed by atoms with van der Waals surface area (Å²) >= 11 is 0. The van der Waals surface area contributed by atoms with Crippen molar-refractivity contribution in [2.75, 3.05) is 0 Å². The molecule has 0 atom stereocenters. The van der Waals surface area contributed by atoms with Gasteiger partial charge >= 0.3 is 0 Å². The second-order valence-electron chi connectivity index (χ2n) is 4.81. The Morgan fingerprint density at radius 2 is 2.15 bits per heavy atom. The highest BCUT2D eigenvalue weighted by atomic mass is 16.5. The minimum Gasteiger partial charge on any atom is -0.392 e. The summed E-state index contributed by atoms with van der Waals surface area (Å²) in [6.45, 7) is 2.66. The lowest BCUT2D eigenvalue weighted by Crippen LogP contribution is -2.00. The Hall–Kier alpha value is -2.14. The van der Waals surface area contributed by atoms with Gasteiger partial charge in [0, 0.05) is 29.1 Å². The first-order valence-electron chi connectivity index (χ1n) is 6.81. The van der Waals surface area contributed by atoms with Gasteiger partial charge in [-0.15, -0.1) is 0 Å². The summed E-state index contributed by atoms with van der Waals surface area (Å²) in [6, 6.07) is 8.00. The molecule has 5 heteroatoms. The number of aliphatic hydroxyl groups excluding tert-OH is 1. The van der Waals surface area contributed by atoms with Gasteiger partial charge in [0.2, 0.25) is 5.89 Å². The van der Waals surface area contributed by atoms with E-state index >= 15 is 0 Å². The number of aryl methyl sites for hydroxylation is 1. The van der Waals surface area contributed by atoms with E-state index in [1.807, 2.05) is 35.0 Å². The summed E-state index contributed by atoms with van der Waals surface area (Å²) < 4.78 is 7.24. The molecule has 20 heavy (non-hydrogen) atoms.